The number of anilines is 1. The molecule has 0 saturated carbocycles. The first kappa shape index (κ1) is 14.1. The first-order chi connectivity index (χ1) is 9.89. The minimum Gasteiger partial charge on any atom is -0.383 e. The largest absolute Gasteiger partial charge is 0.383 e. The fourth-order valence-electron chi connectivity index (χ4n) is 2.43. The summed E-state index contributed by atoms with van der Waals surface area (Å²) >= 11 is 3.56. The van der Waals surface area contributed by atoms with Gasteiger partial charge in [-0.2, -0.15) is 0 Å². The fraction of sp³-hybridized carbons (Fsp3) is 0.250. The maximum Gasteiger partial charge on any atom is 0.132 e. The second-order valence-corrected chi connectivity index (χ2v) is 6.87. The summed E-state index contributed by atoms with van der Waals surface area (Å²) in [5.41, 5.74) is 8.84. The standard InChI is InChI=1S/C16H17BrN4/c1-16(2,3)21-9-20-14(15(21)18)11-6-7-12(17)10-5-4-8-19-13(10)11/h4-9H,18H2,1-3H3. The highest BCUT2D eigenvalue weighted by Gasteiger charge is 2.20. The Bertz CT molecular complexity index is 815. The van der Waals surface area contributed by atoms with E-state index in [0.29, 0.717) is 5.82 Å². The molecule has 0 aliphatic carbocycles. The molecule has 0 saturated heterocycles. The molecule has 3 aromatic rings. The van der Waals surface area contributed by atoms with Gasteiger partial charge in [0, 0.05) is 27.2 Å². The lowest BCUT2D eigenvalue weighted by molar-refractivity contribution is 0.402. The molecule has 3 rings (SSSR count). The Kier molecular flexibility index (Phi) is 3.24. The summed E-state index contributed by atoms with van der Waals surface area (Å²) in [7, 11) is 0. The number of aromatic nitrogens is 3. The van der Waals surface area contributed by atoms with Gasteiger partial charge >= 0.3 is 0 Å². The van der Waals surface area contributed by atoms with Crippen molar-refractivity contribution in [3.8, 4) is 11.3 Å². The quantitative estimate of drug-likeness (QED) is 0.719. The highest BCUT2D eigenvalue weighted by atomic mass is 79.9. The third-order valence-electron chi connectivity index (χ3n) is 3.50. The van der Waals surface area contributed by atoms with Crippen molar-refractivity contribution in [3.63, 3.8) is 0 Å². The minimum absolute atomic E-state index is 0.103. The van der Waals surface area contributed by atoms with Gasteiger partial charge in [-0.25, -0.2) is 4.98 Å². The zero-order valence-corrected chi connectivity index (χ0v) is 13.8. The van der Waals surface area contributed by atoms with Gasteiger partial charge in [0.1, 0.15) is 11.5 Å². The summed E-state index contributed by atoms with van der Waals surface area (Å²) in [6.45, 7) is 6.31. The summed E-state index contributed by atoms with van der Waals surface area (Å²) in [5.74, 6) is 0.664. The molecular weight excluding hydrogens is 328 g/mol. The van der Waals surface area contributed by atoms with Crippen molar-refractivity contribution in [2.75, 3.05) is 5.73 Å². The van der Waals surface area contributed by atoms with Gasteiger partial charge in [0.25, 0.3) is 0 Å². The van der Waals surface area contributed by atoms with Crippen LogP contribution in [0, 0.1) is 0 Å². The normalized spacial score (nSPS) is 12.0. The molecule has 2 aromatic heterocycles. The number of hydrogen-bond acceptors (Lipinski definition) is 3. The van der Waals surface area contributed by atoms with Crippen LogP contribution >= 0.6 is 15.9 Å². The molecule has 21 heavy (non-hydrogen) atoms. The first-order valence-corrected chi connectivity index (χ1v) is 7.56. The van der Waals surface area contributed by atoms with Crippen LogP contribution in [0.2, 0.25) is 0 Å². The second kappa shape index (κ2) is 4.84. The van der Waals surface area contributed by atoms with E-state index >= 15 is 0 Å². The third-order valence-corrected chi connectivity index (χ3v) is 4.19. The molecular formula is C16H17BrN4. The predicted octanol–water partition coefficient (Wildman–Crippen LogP) is 4.20. The molecule has 0 aliphatic heterocycles. The van der Waals surface area contributed by atoms with Gasteiger partial charge in [-0.15, -0.1) is 0 Å². The number of halogens is 1. The van der Waals surface area contributed by atoms with Crippen molar-refractivity contribution in [1.29, 1.82) is 0 Å². The number of rotatable bonds is 1. The molecule has 0 fully saturated rings. The Balaban J connectivity index is 2.28. The Morgan fingerprint density at radius 3 is 2.57 bits per heavy atom. The summed E-state index contributed by atoms with van der Waals surface area (Å²) in [6, 6.07) is 7.97. The lowest BCUT2D eigenvalue weighted by Crippen LogP contribution is -2.22. The number of nitrogen functional groups attached to an aromatic ring is 1. The molecule has 2 N–H and O–H groups in total. The molecule has 108 valence electrons. The summed E-state index contributed by atoms with van der Waals surface area (Å²) in [6.07, 6.45) is 3.58. The van der Waals surface area contributed by atoms with Crippen LogP contribution in [0.4, 0.5) is 5.82 Å². The smallest absolute Gasteiger partial charge is 0.132 e. The van der Waals surface area contributed by atoms with E-state index in [2.05, 4.69) is 46.7 Å². The highest BCUT2D eigenvalue weighted by Crippen LogP contribution is 2.35. The van der Waals surface area contributed by atoms with Crippen molar-refractivity contribution in [1.82, 2.24) is 14.5 Å². The van der Waals surface area contributed by atoms with Crippen LogP contribution in [-0.2, 0) is 5.54 Å². The number of hydrogen-bond donors (Lipinski definition) is 1. The molecule has 5 heteroatoms. The molecule has 0 bridgehead atoms. The fourth-order valence-corrected chi connectivity index (χ4v) is 2.88. The van der Waals surface area contributed by atoms with Crippen LogP contribution in [-0.4, -0.2) is 14.5 Å². The van der Waals surface area contributed by atoms with Crippen LogP contribution in [0.1, 0.15) is 20.8 Å². The monoisotopic (exact) mass is 344 g/mol. The topological polar surface area (TPSA) is 56.7 Å². The molecule has 0 unspecified atom stereocenters. The van der Waals surface area contributed by atoms with E-state index in [1.165, 1.54) is 0 Å². The van der Waals surface area contributed by atoms with E-state index in [9.17, 15) is 0 Å². The maximum atomic E-state index is 6.31. The van der Waals surface area contributed by atoms with Crippen LogP contribution in [0.5, 0.6) is 0 Å². The predicted molar refractivity (Wildman–Crippen MR) is 90.1 cm³/mol. The van der Waals surface area contributed by atoms with E-state index in [-0.39, 0.29) is 5.54 Å². The van der Waals surface area contributed by atoms with Gasteiger partial charge in [-0.05, 0) is 39.0 Å². The van der Waals surface area contributed by atoms with Gasteiger partial charge in [0.05, 0.1) is 11.8 Å². The summed E-state index contributed by atoms with van der Waals surface area (Å²) < 4.78 is 3.00. The minimum atomic E-state index is -0.103. The first-order valence-electron chi connectivity index (χ1n) is 6.76. The molecule has 0 spiro atoms. The van der Waals surface area contributed by atoms with E-state index in [1.807, 2.05) is 28.8 Å². The lowest BCUT2D eigenvalue weighted by Gasteiger charge is -2.22. The number of pyridine rings is 1. The average Bonchev–Trinajstić information content (AvgIpc) is 2.81. The van der Waals surface area contributed by atoms with Crippen molar-refractivity contribution >= 4 is 32.7 Å². The van der Waals surface area contributed by atoms with Gasteiger partial charge in [-0.3, -0.25) is 4.98 Å². The lowest BCUT2D eigenvalue weighted by atomic mass is 10.1. The molecule has 0 atom stereocenters. The zero-order valence-electron chi connectivity index (χ0n) is 12.3. The van der Waals surface area contributed by atoms with Gasteiger partial charge in [0.15, 0.2) is 0 Å². The van der Waals surface area contributed by atoms with Crippen molar-refractivity contribution < 1.29 is 0 Å². The van der Waals surface area contributed by atoms with Crippen LogP contribution < -0.4 is 5.73 Å². The van der Waals surface area contributed by atoms with Crippen LogP contribution in [0.3, 0.4) is 0 Å². The van der Waals surface area contributed by atoms with Crippen molar-refractivity contribution in [2.24, 2.45) is 0 Å². The van der Waals surface area contributed by atoms with Crippen molar-refractivity contribution in [3.05, 3.63) is 41.3 Å². The number of fused-ring (bicyclic) bond motifs is 1. The van der Waals surface area contributed by atoms with E-state index in [1.54, 1.807) is 12.5 Å². The Morgan fingerprint density at radius 2 is 1.90 bits per heavy atom. The molecule has 0 radical (unpaired) electrons. The Morgan fingerprint density at radius 1 is 1.14 bits per heavy atom. The maximum absolute atomic E-state index is 6.31. The van der Waals surface area contributed by atoms with Crippen LogP contribution in [0.25, 0.3) is 22.2 Å². The number of benzene rings is 1. The van der Waals surface area contributed by atoms with Gasteiger partial charge in [-0.1, -0.05) is 22.0 Å². The molecule has 4 nitrogen and oxygen atoms in total. The number of nitrogens with two attached hydrogens (primary N) is 1. The van der Waals surface area contributed by atoms with E-state index < -0.39 is 0 Å². The molecule has 0 aliphatic rings. The van der Waals surface area contributed by atoms with Gasteiger partial charge in [0.2, 0.25) is 0 Å². The molecule has 2 heterocycles. The summed E-state index contributed by atoms with van der Waals surface area (Å²) in [5, 5.41) is 1.06. The summed E-state index contributed by atoms with van der Waals surface area (Å²) in [4.78, 5) is 9.01. The third kappa shape index (κ3) is 2.31. The zero-order chi connectivity index (χ0) is 15.2. The Hall–Kier alpha value is -1.88. The molecule has 0 amide bonds. The van der Waals surface area contributed by atoms with Crippen LogP contribution in [0.15, 0.2) is 41.3 Å². The SMILES string of the molecule is CC(C)(C)n1cnc(-c2ccc(Br)c3cccnc23)c1N. The average molecular weight is 345 g/mol. The highest BCUT2D eigenvalue weighted by molar-refractivity contribution is 9.10. The number of imidazole rings is 1. The molecule has 1 aromatic carbocycles. The number of nitrogens with zero attached hydrogens (tertiary/aromatic N) is 3. The van der Waals surface area contributed by atoms with Crippen molar-refractivity contribution in [2.45, 2.75) is 26.3 Å². The van der Waals surface area contributed by atoms with E-state index in [0.717, 1.165) is 26.6 Å². The Labute approximate surface area is 132 Å². The van der Waals surface area contributed by atoms with Gasteiger partial charge < -0.3 is 10.3 Å². The van der Waals surface area contributed by atoms with E-state index in [4.69, 9.17) is 5.73 Å². The second-order valence-electron chi connectivity index (χ2n) is 6.01.